The summed E-state index contributed by atoms with van der Waals surface area (Å²) in [6, 6.07) is 2.76. The second-order valence-corrected chi connectivity index (χ2v) is 3.02. The van der Waals surface area contributed by atoms with Crippen LogP contribution in [0.15, 0.2) is 18.3 Å². The van der Waals surface area contributed by atoms with Crippen LogP contribution >= 0.6 is 11.6 Å². The van der Waals surface area contributed by atoms with E-state index in [9.17, 15) is 4.79 Å². The molecule has 5 heteroatoms. The number of hydrogen-bond acceptors (Lipinski definition) is 3. The number of rotatable bonds is 2. The van der Waals surface area contributed by atoms with Crippen LogP contribution in [0.1, 0.15) is 6.92 Å². The number of carbonyl (C=O) groups is 1. The molecule has 0 aliphatic carbocycles. The van der Waals surface area contributed by atoms with Crippen molar-refractivity contribution in [2.24, 2.45) is 5.73 Å². The van der Waals surface area contributed by atoms with Gasteiger partial charge in [-0.05, 0) is 19.1 Å². The summed E-state index contributed by atoms with van der Waals surface area (Å²) in [6.45, 7) is 1.59. The van der Waals surface area contributed by atoms with Gasteiger partial charge >= 0.3 is 0 Å². The highest BCUT2D eigenvalue weighted by Crippen LogP contribution is 2.16. The second-order valence-electron chi connectivity index (χ2n) is 2.61. The Balaban J connectivity index is 2.75. The van der Waals surface area contributed by atoms with Gasteiger partial charge in [0.1, 0.15) is 0 Å². The fraction of sp³-hybridized carbons (Fsp3) is 0.250. The summed E-state index contributed by atoms with van der Waals surface area (Å²) in [5.41, 5.74) is 5.35. The second kappa shape index (κ2) is 4.20. The third-order valence-electron chi connectivity index (χ3n) is 1.41. The van der Waals surface area contributed by atoms with E-state index < -0.39 is 6.04 Å². The highest BCUT2D eigenvalue weighted by molar-refractivity contribution is 6.33. The molecule has 0 aromatic carbocycles. The summed E-state index contributed by atoms with van der Waals surface area (Å²) in [5, 5.41) is 2.90. The summed E-state index contributed by atoms with van der Waals surface area (Å²) in [4.78, 5) is 15.0. The highest BCUT2D eigenvalue weighted by atomic mass is 35.5. The molecule has 1 amide bonds. The Morgan fingerprint density at radius 1 is 1.77 bits per heavy atom. The number of amides is 1. The number of nitrogens with one attached hydrogen (secondary N) is 1. The molecule has 0 radical (unpaired) electrons. The molecule has 0 aliphatic rings. The maximum Gasteiger partial charge on any atom is 0.242 e. The molecule has 1 aromatic rings. The summed E-state index contributed by atoms with van der Waals surface area (Å²) in [7, 11) is 0. The van der Waals surface area contributed by atoms with Crippen LogP contribution in [0.3, 0.4) is 0 Å². The van der Waals surface area contributed by atoms with Crippen molar-refractivity contribution in [2.75, 3.05) is 5.32 Å². The average molecular weight is 200 g/mol. The molecule has 1 atom stereocenters. The fourth-order valence-electron chi connectivity index (χ4n) is 0.708. The maximum atomic E-state index is 11.1. The lowest BCUT2D eigenvalue weighted by molar-refractivity contribution is -0.117. The van der Waals surface area contributed by atoms with Crippen molar-refractivity contribution < 1.29 is 4.79 Å². The van der Waals surface area contributed by atoms with Gasteiger partial charge in [0.2, 0.25) is 5.91 Å². The summed E-state index contributed by atoms with van der Waals surface area (Å²) < 4.78 is 0. The largest absolute Gasteiger partial charge is 0.320 e. The van der Waals surface area contributed by atoms with Gasteiger partial charge < -0.3 is 11.1 Å². The minimum absolute atomic E-state index is 0.305. The van der Waals surface area contributed by atoms with Crippen LogP contribution in [0.5, 0.6) is 0 Å². The molecule has 0 spiro atoms. The molecule has 4 nitrogen and oxygen atoms in total. The molecule has 1 rings (SSSR count). The Morgan fingerprint density at radius 2 is 2.46 bits per heavy atom. The van der Waals surface area contributed by atoms with Crippen LogP contribution in [0.4, 0.5) is 5.82 Å². The van der Waals surface area contributed by atoms with E-state index in [1.165, 1.54) is 0 Å². The smallest absolute Gasteiger partial charge is 0.242 e. The predicted molar refractivity (Wildman–Crippen MR) is 51.5 cm³/mol. The van der Waals surface area contributed by atoms with Crippen LogP contribution in [0.2, 0.25) is 5.02 Å². The zero-order chi connectivity index (χ0) is 9.84. The minimum atomic E-state index is -0.571. The SMILES string of the molecule is C[C@H](N)C(=O)Nc1ncccc1Cl. The highest BCUT2D eigenvalue weighted by Gasteiger charge is 2.09. The molecule has 1 heterocycles. The monoisotopic (exact) mass is 199 g/mol. The third-order valence-corrected chi connectivity index (χ3v) is 1.72. The summed E-state index contributed by atoms with van der Waals surface area (Å²) >= 11 is 5.75. The Hall–Kier alpha value is -1.13. The Kier molecular flexibility index (Phi) is 3.22. The molecule has 0 saturated carbocycles. The van der Waals surface area contributed by atoms with Crippen molar-refractivity contribution in [3.8, 4) is 0 Å². The number of aromatic nitrogens is 1. The van der Waals surface area contributed by atoms with Crippen molar-refractivity contribution >= 4 is 23.3 Å². The molecular formula is C8H10ClN3O. The normalized spacial score (nSPS) is 12.2. The molecule has 70 valence electrons. The van der Waals surface area contributed by atoms with E-state index in [0.29, 0.717) is 10.8 Å². The van der Waals surface area contributed by atoms with Crippen LogP contribution in [-0.4, -0.2) is 16.9 Å². The first-order chi connectivity index (χ1) is 6.11. The molecule has 0 aliphatic heterocycles. The van der Waals surface area contributed by atoms with Gasteiger partial charge in [-0.1, -0.05) is 11.6 Å². The lowest BCUT2D eigenvalue weighted by Gasteiger charge is -2.07. The van der Waals surface area contributed by atoms with Crippen LogP contribution in [0.25, 0.3) is 0 Å². The van der Waals surface area contributed by atoms with Gasteiger partial charge in [-0.15, -0.1) is 0 Å². The van der Waals surface area contributed by atoms with Crippen LogP contribution in [0, 0.1) is 0 Å². The first-order valence-corrected chi connectivity index (χ1v) is 4.16. The van der Waals surface area contributed by atoms with E-state index >= 15 is 0 Å². The van der Waals surface area contributed by atoms with E-state index in [2.05, 4.69) is 10.3 Å². The van der Waals surface area contributed by atoms with Crippen molar-refractivity contribution in [1.29, 1.82) is 0 Å². The van der Waals surface area contributed by atoms with Gasteiger partial charge in [0.05, 0.1) is 11.1 Å². The number of hydrogen-bond donors (Lipinski definition) is 2. The standard InChI is InChI=1S/C8H10ClN3O/c1-5(10)8(13)12-7-6(9)3-2-4-11-7/h2-5H,10H2,1H3,(H,11,12,13)/t5-/m0/s1. The molecule has 3 N–H and O–H groups in total. The molecule has 0 bridgehead atoms. The van der Waals surface area contributed by atoms with E-state index in [1.807, 2.05) is 0 Å². The van der Waals surface area contributed by atoms with Crippen molar-refractivity contribution in [1.82, 2.24) is 4.98 Å². The van der Waals surface area contributed by atoms with E-state index in [0.717, 1.165) is 0 Å². The van der Waals surface area contributed by atoms with E-state index in [-0.39, 0.29) is 5.91 Å². The van der Waals surface area contributed by atoms with Crippen molar-refractivity contribution in [3.63, 3.8) is 0 Å². The lowest BCUT2D eigenvalue weighted by atomic mass is 10.3. The van der Waals surface area contributed by atoms with Gasteiger partial charge in [-0.2, -0.15) is 0 Å². The number of carbonyl (C=O) groups excluding carboxylic acids is 1. The Bertz CT molecular complexity index is 314. The predicted octanol–water partition coefficient (Wildman–Crippen LogP) is 1.02. The molecule has 0 unspecified atom stereocenters. The number of halogens is 1. The first-order valence-electron chi connectivity index (χ1n) is 3.78. The Morgan fingerprint density at radius 3 is 3.00 bits per heavy atom. The van der Waals surface area contributed by atoms with Gasteiger partial charge in [-0.25, -0.2) is 4.98 Å². The van der Waals surface area contributed by atoms with Gasteiger partial charge in [0.25, 0.3) is 0 Å². The van der Waals surface area contributed by atoms with Crippen molar-refractivity contribution in [2.45, 2.75) is 13.0 Å². The number of nitrogens with two attached hydrogens (primary N) is 1. The third kappa shape index (κ3) is 2.68. The van der Waals surface area contributed by atoms with Gasteiger partial charge in [-0.3, -0.25) is 4.79 Å². The first kappa shape index (κ1) is 9.95. The molecule has 1 aromatic heterocycles. The zero-order valence-corrected chi connectivity index (χ0v) is 7.88. The van der Waals surface area contributed by atoms with Gasteiger partial charge in [0.15, 0.2) is 5.82 Å². The molecule has 0 fully saturated rings. The number of pyridine rings is 1. The quantitative estimate of drug-likeness (QED) is 0.748. The summed E-state index contributed by atoms with van der Waals surface area (Å²) in [6.07, 6.45) is 1.54. The molecule has 0 saturated heterocycles. The molecule has 13 heavy (non-hydrogen) atoms. The average Bonchev–Trinajstić information content (AvgIpc) is 2.08. The lowest BCUT2D eigenvalue weighted by Crippen LogP contribution is -2.32. The molecular weight excluding hydrogens is 190 g/mol. The minimum Gasteiger partial charge on any atom is -0.320 e. The summed E-state index contributed by atoms with van der Waals surface area (Å²) in [5.74, 6) is 0.0343. The van der Waals surface area contributed by atoms with E-state index in [1.54, 1.807) is 25.3 Å². The number of nitrogens with zero attached hydrogens (tertiary/aromatic N) is 1. The van der Waals surface area contributed by atoms with Crippen LogP contribution < -0.4 is 11.1 Å². The van der Waals surface area contributed by atoms with E-state index in [4.69, 9.17) is 17.3 Å². The van der Waals surface area contributed by atoms with Gasteiger partial charge in [0, 0.05) is 6.20 Å². The number of anilines is 1. The Labute approximate surface area is 81.1 Å². The van der Waals surface area contributed by atoms with Crippen LogP contribution in [-0.2, 0) is 4.79 Å². The van der Waals surface area contributed by atoms with Crippen molar-refractivity contribution in [3.05, 3.63) is 23.4 Å². The fourth-order valence-corrected chi connectivity index (χ4v) is 0.877. The zero-order valence-electron chi connectivity index (χ0n) is 7.12. The maximum absolute atomic E-state index is 11.1. The topological polar surface area (TPSA) is 68.0 Å².